The van der Waals surface area contributed by atoms with Crippen molar-refractivity contribution in [1.82, 2.24) is 9.88 Å². The quantitative estimate of drug-likeness (QED) is 0.875. The average Bonchev–Trinajstić information content (AvgIpc) is 3.23. The maximum Gasteiger partial charge on any atom is 0.119 e. The minimum atomic E-state index is 0.713. The maximum absolute atomic E-state index is 5.41. The van der Waals surface area contributed by atoms with Crippen LogP contribution in [-0.2, 0) is 6.42 Å². The van der Waals surface area contributed by atoms with E-state index in [1.807, 2.05) is 6.07 Å². The van der Waals surface area contributed by atoms with Crippen molar-refractivity contribution in [1.29, 1.82) is 0 Å². The van der Waals surface area contributed by atoms with Gasteiger partial charge in [0.05, 0.1) is 7.11 Å². The first kappa shape index (κ1) is 16.3. The Balaban J connectivity index is 1.47. The third-order valence-electron chi connectivity index (χ3n) is 5.76. The van der Waals surface area contributed by atoms with Gasteiger partial charge in [-0.1, -0.05) is 0 Å². The van der Waals surface area contributed by atoms with Crippen molar-refractivity contribution >= 4 is 22.7 Å². The number of H-pyrrole nitrogens is 1. The Morgan fingerprint density at radius 1 is 1.25 bits per heavy atom. The highest BCUT2D eigenvalue weighted by atomic mass is 32.2. The molecule has 0 aliphatic carbocycles. The van der Waals surface area contributed by atoms with Crippen LogP contribution in [0, 0.1) is 5.92 Å². The summed E-state index contributed by atoms with van der Waals surface area (Å²) < 4.78 is 5.41. The molecular formula is C20H28N2OS. The first-order valence-corrected chi connectivity index (χ1v) is 10.4. The Hall–Kier alpha value is -1.13. The first-order chi connectivity index (χ1) is 11.8. The van der Waals surface area contributed by atoms with Crippen LogP contribution in [0.4, 0.5) is 0 Å². The largest absolute Gasteiger partial charge is 0.497 e. The SMILES string of the molecule is COc1ccc2[nH]cc(C[C@H]3CCCN3CC3CCSCC3)c2c1. The van der Waals surface area contributed by atoms with E-state index in [2.05, 4.69) is 40.0 Å². The normalized spacial score (nSPS) is 23.1. The number of fused-ring (bicyclic) bond motifs is 1. The number of nitrogens with zero attached hydrogens (tertiary/aromatic N) is 1. The summed E-state index contributed by atoms with van der Waals surface area (Å²) in [5, 5.41) is 1.33. The molecule has 4 rings (SSSR count). The molecule has 2 fully saturated rings. The highest BCUT2D eigenvalue weighted by Crippen LogP contribution is 2.30. The fraction of sp³-hybridized carbons (Fsp3) is 0.600. The molecule has 1 aromatic carbocycles. The molecule has 0 bridgehead atoms. The van der Waals surface area contributed by atoms with Crippen molar-refractivity contribution in [3.63, 3.8) is 0 Å². The molecule has 0 radical (unpaired) electrons. The molecule has 0 spiro atoms. The van der Waals surface area contributed by atoms with Crippen molar-refractivity contribution in [2.45, 2.75) is 38.1 Å². The van der Waals surface area contributed by atoms with Crippen LogP contribution in [0.5, 0.6) is 5.75 Å². The number of hydrogen-bond donors (Lipinski definition) is 1. The van der Waals surface area contributed by atoms with Gasteiger partial charge in [-0.05, 0) is 79.8 Å². The Morgan fingerprint density at radius 2 is 2.12 bits per heavy atom. The smallest absolute Gasteiger partial charge is 0.119 e. The fourth-order valence-corrected chi connectivity index (χ4v) is 5.54. The summed E-state index contributed by atoms with van der Waals surface area (Å²) in [5.74, 6) is 4.61. The standard InChI is InChI=1S/C20H28N2OS/c1-23-18-4-5-20-19(12-18)16(13-21-20)11-17-3-2-8-22(17)14-15-6-9-24-10-7-15/h4-5,12-13,15,17,21H,2-3,6-11,14H2,1H3/t17-/m1/s1. The van der Waals surface area contributed by atoms with Crippen molar-refractivity contribution < 1.29 is 4.74 Å². The Labute approximate surface area is 149 Å². The number of nitrogens with one attached hydrogen (secondary N) is 1. The zero-order chi connectivity index (χ0) is 16.4. The van der Waals surface area contributed by atoms with Gasteiger partial charge >= 0.3 is 0 Å². The number of aromatic nitrogens is 1. The van der Waals surface area contributed by atoms with Crippen LogP contribution in [0.15, 0.2) is 24.4 Å². The van der Waals surface area contributed by atoms with E-state index in [1.54, 1.807) is 7.11 Å². The number of rotatable bonds is 5. The second-order valence-electron chi connectivity index (χ2n) is 7.28. The lowest BCUT2D eigenvalue weighted by Gasteiger charge is -2.30. The highest BCUT2D eigenvalue weighted by Gasteiger charge is 2.28. The summed E-state index contributed by atoms with van der Waals surface area (Å²) in [7, 11) is 1.74. The van der Waals surface area contributed by atoms with Crippen LogP contribution in [0.1, 0.15) is 31.2 Å². The Bertz CT molecular complexity index is 677. The molecule has 0 unspecified atom stereocenters. The van der Waals surface area contributed by atoms with Gasteiger partial charge in [0.1, 0.15) is 5.75 Å². The highest BCUT2D eigenvalue weighted by molar-refractivity contribution is 7.99. The molecule has 1 aromatic heterocycles. The third-order valence-corrected chi connectivity index (χ3v) is 6.81. The molecule has 2 aromatic rings. The van der Waals surface area contributed by atoms with E-state index < -0.39 is 0 Å². The molecule has 2 aliphatic rings. The number of aromatic amines is 1. The van der Waals surface area contributed by atoms with E-state index in [9.17, 15) is 0 Å². The number of benzene rings is 1. The predicted octanol–water partition coefficient (Wildman–Crippen LogP) is 4.33. The van der Waals surface area contributed by atoms with Gasteiger partial charge < -0.3 is 9.72 Å². The molecule has 4 heteroatoms. The molecule has 0 amide bonds. The zero-order valence-corrected chi connectivity index (χ0v) is 15.4. The monoisotopic (exact) mass is 344 g/mol. The van der Waals surface area contributed by atoms with E-state index in [0.717, 1.165) is 18.1 Å². The minimum Gasteiger partial charge on any atom is -0.497 e. The van der Waals surface area contributed by atoms with Crippen LogP contribution < -0.4 is 4.74 Å². The maximum atomic E-state index is 5.41. The summed E-state index contributed by atoms with van der Waals surface area (Å²) in [6.07, 6.45) is 8.90. The van der Waals surface area contributed by atoms with Gasteiger partial charge in [-0.15, -0.1) is 0 Å². The first-order valence-electron chi connectivity index (χ1n) is 9.29. The number of likely N-dealkylation sites (tertiary alicyclic amines) is 1. The van der Waals surface area contributed by atoms with E-state index in [4.69, 9.17) is 4.74 Å². The van der Waals surface area contributed by atoms with Crippen LogP contribution in [0.2, 0.25) is 0 Å². The second kappa shape index (κ2) is 7.40. The zero-order valence-electron chi connectivity index (χ0n) is 14.6. The summed E-state index contributed by atoms with van der Waals surface area (Å²) in [6, 6.07) is 7.05. The summed E-state index contributed by atoms with van der Waals surface area (Å²) in [5.41, 5.74) is 2.67. The fourth-order valence-electron chi connectivity index (χ4n) is 4.33. The second-order valence-corrected chi connectivity index (χ2v) is 8.50. The lowest BCUT2D eigenvalue weighted by Crippen LogP contribution is -2.36. The van der Waals surface area contributed by atoms with Gasteiger partial charge in [0, 0.05) is 29.7 Å². The van der Waals surface area contributed by atoms with Crippen LogP contribution in [-0.4, -0.2) is 47.6 Å². The van der Waals surface area contributed by atoms with E-state index >= 15 is 0 Å². The van der Waals surface area contributed by atoms with Gasteiger partial charge in [-0.25, -0.2) is 0 Å². The van der Waals surface area contributed by atoms with E-state index in [1.165, 1.54) is 66.7 Å². The summed E-state index contributed by atoms with van der Waals surface area (Å²) in [6.45, 7) is 2.61. The lowest BCUT2D eigenvalue weighted by atomic mass is 9.99. The van der Waals surface area contributed by atoms with Crippen LogP contribution in [0.3, 0.4) is 0 Å². The summed E-state index contributed by atoms with van der Waals surface area (Å²) >= 11 is 2.13. The average molecular weight is 345 g/mol. The Kier molecular flexibility index (Phi) is 5.04. The van der Waals surface area contributed by atoms with Crippen LogP contribution in [0.25, 0.3) is 10.9 Å². The van der Waals surface area contributed by atoms with E-state index in [0.29, 0.717) is 6.04 Å². The molecule has 0 saturated carbocycles. The molecular weight excluding hydrogens is 316 g/mol. The van der Waals surface area contributed by atoms with Gasteiger partial charge in [0.2, 0.25) is 0 Å². The van der Waals surface area contributed by atoms with Crippen molar-refractivity contribution in [2.75, 3.05) is 31.7 Å². The molecule has 2 aliphatic heterocycles. The van der Waals surface area contributed by atoms with Crippen molar-refractivity contribution in [3.05, 3.63) is 30.0 Å². The Morgan fingerprint density at radius 3 is 2.96 bits per heavy atom. The molecule has 3 heterocycles. The lowest BCUT2D eigenvalue weighted by molar-refractivity contribution is 0.207. The molecule has 130 valence electrons. The predicted molar refractivity (Wildman–Crippen MR) is 103 cm³/mol. The minimum absolute atomic E-state index is 0.713. The van der Waals surface area contributed by atoms with Crippen molar-refractivity contribution in [3.8, 4) is 5.75 Å². The number of hydrogen-bond acceptors (Lipinski definition) is 3. The third kappa shape index (κ3) is 3.45. The number of methoxy groups -OCH3 is 1. The van der Waals surface area contributed by atoms with Crippen LogP contribution >= 0.6 is 11.8 Å². The number of thioether (sulfide) groups is 1. The molecule has 2 saturated heterocycles. The van der Waals surface area contributed by atoms with Gasteiger partial charge in [0.25, 0.3) is 0 Å². The molecule has 24 heavy (non-hydrogen) atoms. The molecule has 1 N–H and O–H groups in total. The molecule has 3 nitrogen and oxygen atoms in total. The summed E-state index contributed by atoms with van der Waals surface area (Å²) in [4.78, 5) is 6.21. The van der Waals surface area contributed by atoms with Gasteiger partial charge in [-0.2, -0.15) is 11.8 Å². The topological polar surface area (TPSA) is 28.3 Å². The van der Waals surface area contributed by atoms with Gasteiger partial charge in [0.15, 0.2) is 0 Å². The van der Waals surface area contributed by atoms with Crippen molar-refractivity contribution in [2.24, 2.45) is 5.92 Å². The van der Waals surface area contributed by atoms with E-state index in [-0.39, 0.29) is 0 Å². The van der Waals surface area contributed by atoms with Gasteiger partial charge in [-0.3, -0.25) is 4.90 Å². The molecule has 1 atom stereocenters. The number of ether oxygens (including phenoxy) is 1.